The van der Waals surface area contributed by atoms with Gasteiger partial charge in [-0.3, -0.25) is 9.78 Å². The lowest BCUT2D eigenvalue weighted by atomic mass is 10.1. The van der Waals surface area contributed by atoms with Gasteiger partial charge in [-0.15, -0.1) is 0 Å². The van der Waals surface area contributed by atoms with E-state index in [1.807, 2.05) is 24.3 Å². The Balaban J connectivity index is 1.81. The van der Waals surface area contributed by atoms with Crippen LogP contribution in [0.3, 0.4) is 0 Å². The zero-order valence-corrected chi connectivity index (χ0v) is 14.2. The van der Waals surface area contributed by atoms with E-state index >= 15 is 0 Å². The van der Waals surface area contributed by atoms with Crippen molar-refractivity contribution in [3.8, 4) is 5.75 Å². The lowest BCUT2D eigenvalue weighted by Crippen LogP contribution is -2.42. The van der Waals surface area contributed by atoms with Gasteiger partial charge in [0, 0.05) is 33.9 Å². The van der Waals surface area contributed by atoms with Gasteiger partial charge in [0.25, 0.3) is 5.91 Å². The minimum Gasteiger partial charge on any atom is -0.478 e. The smallest absolute Gasteiger partial charge is 0.267 e. The Bertz CT molecular complexity index is 871. The number of hydrogen-bond donors (Lipinski definition) is 1. The molecule has 1 N–H and O–H groups in total. The highest BCUT2D eigenvalue weighted by molar-refractivity contribution is 6.30. The summed E-state index contributed by atoms with van der Waals surface area (Å²) >= 11 is 5.87. The molecule has 1 amide bonds. The first kappa shape index (κ1) is 16.3. The molecule has 122 valence electrons. The van der Waals surface area contributed by atoms with Gasteiger partial charge in [0.05, 0.1) is 0 Å². The number of halogens is 1. The van der Waals surface area contributed by atoms with E-state index in [2.05, 4.69) is 10.3 Å². The first-order valence-electron chi connectivity index (χ1n) is 7.54. The van der Waals surface area contributed by atoms with E-state index in [1.54, 1.807) is 50.5 Å². The Morgan fingerprint density at radius 1 is 1.12 bits per heavy atom. The lowest BCUT2D eigenvalue weighted by Gasteiger charge is -2.25. The van der Waals surface area contributed by atoms with Crippen LogP contribution < -0.4 is 10.1 Å². The molecule has 1 heterocycles. The number of anilines is 1. The molecule has 1 aromatic heterocycles. The number of nitrogens with one attached hydrogen (secondary N) is 1. The summed E-state index contributed by atoms with van der Waals surface area (Å²) < 4.78 is 5.82. The van der Waals surface area contributed by atoms with Crippen LogP contribution in [-0.4, -0.2) is 16.5 Å². The third kappa shape index (κ3) is 3.49. The van der Waals surface area contributed by atoms with E-state index < -0.39 is 5.60 Å². The SMILES string of the molecule is CC(C)(Oc1ccc(Cl)cc1)C(=O)Nc1cccc2cnccc12. The van der Waals surface area contributed by atoms with Crippen LogP contribution in [0.4, 0.5) is 5.69 Å². The van der Waals surface area contributed by atoms with E-state index in [1.165, 1.54) is 0 Å². The molecule has 2 aromatic carbocycles. The van der Waals surface area contributed by atoms with Gasteiger partial charge in [-0.1, -0.05) is 23.7 Å². The molecule has 24 heavy (non-hydrogen) atoms. The molecule has 3 rings (SSSR count). The second-order valence-electron chi connectivity index (χ2n) is 5.92. The van der Waals surface area contributed by atoms with E-state index in [0.29, 0.717) is 10.8 Å². The molecule has 4 nitrogen and oxygen atoms in total. The molecule has 0 atom stereocenters. The van der Waals surface area contributed by atoms with Gasteiger partial charge in [-0.05, 0) is 50.2 Å². The first-order chi connectivity index (χ1) is 11.5. The maximum atomic E-state index is 12.7. The Morgan fingerprint density at radius 3 is 2.62 bits per heavy atom. The molecule has 0 fully saturated rings. The van der Waals surface area contributed by atoms with Crippen LogP contribution in [0.1, 0.15) is 13.8 Å². The number of nitrogens with zero attached hydrogens (tertiary/aromatic N) is 1. The average Bonchev–Trinajstić information content (AvgIpc) is 2.57. The maximum Gasteiger partial charge on any atom is 0.267 e. The van der Waals surface area contributed by atoms with Gasteiger partial charge < -0.3 is 10.1 Å². The van der Waals surface area contributed by atoms with Crippen molar-refractivity contribution in [2.24, 2.45) is 0 Å². The van der Waals surface area contributed by atoms with Crippen molar-refractivity contribution in [2.45, 2.75) is 19.4 Å². The van der Waals surface area contributed by atoms with Gasteiger partial charge in [0.1, 0.15) is 5.75 Å². The predicted molar refractivity (Wildman–Crippen MR) is 96.5 cm³/mol. The fourth-order valence-electron chi connectivity index (χ4n) is 2.35. The highest BCUT2D eigenvalue weighted by Crippen LogP contribution is 2.25. The Labute approximate surface area is 145 Å². The maximum absolute atomic E-state index is 12.7. The Hall–Kier alpha value is -2.59. The predicted octanol–water partition coefficient (Wildman–Crippen LogP) is 4.68. The number of aromatic nitrogens is 1. The third-order valence-corrected chi connectivity index (χ3v) is 3.91. The van der Waals surface area contributed by atoms with Crippen molar-refractivity contribution in [3.63, 3.8) is 0 Å². The van der Waals surface area contributed by atoms with Crippen LogP contribution in [0.5, 0.6) is 5.75 Å². The highest BCUT2D eigenvalue weighted by Gasteiger charge is 2.30. The fourth-order valence-corrected chi connectivity index (χ4v) is 2.47. The van der Waals surface area contributed by atoms with Crippen LogP contribution in [-0.2, 0) is 4.79 Å². The van der Waals surface area contributed by atoms with E-state index in [4.69, 9.17) is 16.3 Å². The minimum atomic E-state index is -1.04. The summed E-state index contributed by atoms with van der Waals surface area (Å²) in [6, 6.07) is 14.5. The molecular weight excluding hydrogens is 324 g/mol. The molecule has 0 bridgehead atoms. The number of amides is 1. The summed E-state index contributed by atoms with van der Waals surface area (Å²) in [7, 11) is 0. The molecule has 0 saturated carbocycles. The highest BCUT2D eigenvalue weighted by atomic mass is 35.5. The molecule has 5 heteroatoms. The number of benzene rings is 2. The van der Waals surface area contributed by atoms with E-state index in [0.717, 1.165) is 16.5 Å². The van der Waals surface area contributed by atoms with Gasteiger partial charge >= 0.3 is 0 Å². The fraction of sp³-hybridized carbons (Fsp3) is 0.158. The normalized spacial score (nSPS) is 11.3. The zero-order chi connectivity index (χ0) is 17.2. The zero-order valence-electron chi connectivity index (χ0n) is 13.4. The molecule has 0 aliphatic carbocycles. The summed E-state index contributed by atoms with van der Waals surface area (Å²) in [5.74, 6) is 0.350. The number of fused-ring (bicyclic) bond motifs is 1. The van der Waals surface area contributed by atoms with Gasteiger partial charge in [-0.2, -0.15) is 0 Å². The van der Waals surface area contributed by atoms with Gasteiger partial charge in [-0.25, -0.2) is 0 Å². The Morgan fingerprint density at radius 2 is 1.88 bits per heavy atom. The summed E-state index contributed by atoms with van der Waals surface area (Å²) in [6.07, 6.45) is 3.47. The molecule has 0 radical (unpaired) electrons. The van der Waals surface area contributed by atoms with Crippen molar-refractivity contribution in [2.75, 3.05) is 5.32 Å². The lowest BCUT2D eigenvalue weighted by molar-refractivity contribution is -0.128. The van der Waals surface area contributed by atoms with Crippen LogP contribution in [0.15, 0.2) is 60.9 Å². The molecule has 3 aromatic rings. The van der Waals surface area contributed by atoms with E-state index in [9.17, 15) is 4.79 Å². The van der Waals surface area contributed by atoms with Crippen molar-refractivity contribution in [1.29, 1.82) is 0 Å². The van der Waals surface area contributed by atoms with E-state index in [-0.39, 0.29) is 5.91 Å². The number of ether oxygens (including phenoxy) is 1. The number of carbonyl (C=O) groups is 1. The molecule has 0 aliphatic rings. The second kappa shape index (κ2) is 6.49. The summed E-state index contributed by atoms with van der Waals surface area (Å²) in [6.45, 7) is 3.45. The van der Waals surface area contributed by atoms with Crippen molar-refractivity contribution >= 4 is 34.0 Å². The molecular formula is C19H17ClN2O2. The van der Waals surface area contributed by atoms with Crippen LogP contribution in [0, 0.1) is 0 Å². The molecule has 0 aliphatic heterocycles. The van der Waals surface area contributed by atoms with Gasteiger partial charge in [0.15, 0.2) is 5.60 Å². The number of rotatable bonds is 4. The number of pyridine rings is 1. The van der Waals surface area contributed by atoms with Crippen molar-refractivity contribution in [3.05, 3.63) is 65.9 Å². The molecule has 0 saturated heterocycles. The second-order valence-corrected chi connectivity index (χ2v) is 6.36. The summed E-state index contributed by atoms with van der Waals surface area (Å²) in [5.41, 5.74) is -0.309. The average molecular weight is 341 g/mol. The number of carbonyl (C=O) groups excluding carboxylic acids is 1. The Kier molecular flexibility index (Phi) is 4.40. The van der Waals surface area contributed by atoms with Crippen molar-refractivity contribution in [1.82, 2.24) is 4.98 Å². The van der Waals surface area contributed by atoms with Crippen LogP contribution >= 0.6 is 11.6 Å². The quantitative estimate of drug-likeness (QED) is 0.750. The monoisotopic (exact) mass is 340 g/mol. The number of hydrogen-bond acceptors (Lipinski definition) is 3. The minimum absolute atomic E-state index is 0.234. The largest absolute Gasteiger partial charge is 0.478 e. The van der Waals surface area contributed by atoms with Gasteiger partial charge in [0.2, 0.25) is 0 Å². The summed E-state index contributed by atoms with van der Waals surface area (Å²) in [4.78, 5) is 16.8. The topological polar surface area (TPSA) is 51.2 Å². The molecule has 0 unspecified atom stereocenters. The van der Waals surface area contributed by atoms with Crippen LogP contribution in [0.25, 0.3) is 10.8 Å². The third-order valence-electron chi connectivity index (χ3n) is 3.66. The first-order valence-corrected chi connectivity index (χ1v) is 7.92. The summed E-state index contributed by atoms with van der Waals surface area (Å²) in [5, 5.41) is 5.46. The molecule has 0 spiro atoms. The van der Waals surface area contributed by atoms with Crippen LogP contribution in [0.2, 0.25) is 5.02 Å². The standard InChI is InChI=1S/C19H17ClN2O2/c1-19(2,24-15-8-6-14(20)7-9-15)18(23)22-17-5-3-4-13-12-21-11-10-16(13)17/h3-12H,1-2H3,(H,22,23). The van der Waals surface area contributed by atoms with Crippen molar-refractivity contribution < 1.29 is 9.53 Å².